The quantitative estimate of drug-likeness (QED) is 0.297. The molecule has 0 amide bonds. The summed E-state index contributed by atoms with van der Waals surface area (Å²) in [5.41, 5.74) is -0.464. The summed E-state index contributed by atoms with van der Waals surface area (Å²) in [5.74, 6) is 0.884. The smallest absolute Gasteiger partial charge is 0.0591 e. The van der Waals surface area contributed by atoms with Crippen LogP contribution in [0.1, 0.15) is 124 Å². The van der Waals surface area contributed by atoms with Crippen LogP contribution >= 0.6 is 0 Å². The van der Waals surface area contributed by atoms with Gasteiger partial charge in [-0.15, -0.1) is 0 Å². The van der Waals surface area contributed by atoms with E-state index in [2.05, 4.69) is 13.8 Å². The van der Waals surface area contributed by atoms with Gasteiger partial charge in [-0.2, -0.15) is 0 Å². The third kappa shape index (κ3) is 20.0. The monoisotopic (exact) mass is 312 g/mol. The van der Waals surface area contributed by atoms with Crippen LogP contribution in [0.25, 0.3) is 0 Å². The fourth-order valence-corrected chi connectivity index (χ4v) is 3.05. The zero-order valence-corrected chi connectivity index (χ0v) is 16.1. The highest BCUT2D eigenvalue weighted by molar-refractivity contribution is 4.64. The highest BCUT2D eigenvalue weighted by atomic mass is 16.3. The lowest BCUT2D eigenvalue weighted by atomic mass is 9.99. The van der Waals surface area contributed by atoms with Crippen molar-refractivity contribution in [2.24, 2.45) is 5.92 Å². The lowest BCUT2D eigenvalue weighted by molar-refractivity contribution is 0.0680. The molecule has 0 rings (SSSR count). The molecule has 1 nitrogen and oxygen atoms in total. The van der Waals surface area contributed by atoms with E-state index >= 15 is 0 Å². The summed E-state index contributed by atoms with van der Waals surface area (Å²) < 4.78 is 0. The molecule has 0 saturated carbocycles. The van der Waals surface area contributed by atoms with Crippen LogP contribution in [0.15, 0.2) is 0 Å². The molecule has 0 fully saturated rings. The van der Waals surface area contributed by atoms with Gasteiger partial charge in [-0.1, -0.05) is 104 Å². The van der Waals surface area contributed by atoms with Gasteiger partial charge in [-0.05, 0) is 26.2 Å². The van der Waals surface area contributed by atoms with E-state index in [1.165, 1.54) is 89.9 Å². The summed E-state index contributed by atoms with van der Waals surface area (Å²) in [5, 5.41) is 9.63. The third-order valence-electron chi connectivity index (χ3n) is 4.57. The normalized spacial score (nSPS) is 12.3. The highest BCUT2D eigenvalue weighted by Crippen LogP contribution is 2.16. The summed E-state index contributed by atoms with van der Waals surface area (Å²) in [7, 11) is 0. The predicted molar refractivity (Wildman–Crippen MR) is 100 cm³/mol. The van der Waals surface area contributed by atoms with Gasteiger partial charge in [-0.25, -0.2) is 0 Å². The Balaban J connectivity index is 3.03. The van der Waals surface area contributed by atoms with Crippen LogP contribution in [0, 0.1) is 5.92 Å². The minimum Gasteiger partial charge on any atom is -0.390 e. The van der Waals surface area contributed by atoms with Crippen LogP contribution in [0.2, 0.25) is 0 Å². The molecular formula is C21H44O. The standard InChI is InChI=1S/C21H44O/c1-20(2)18-16-14-12-10-8-6-5-7-9-11-13-15-17-19-21(3,4)22/h20,22H,5-19H2,1-4H3. The van der Waals surface area contributed by atoms with E-state index in [4.69, 9.17) is 0 Å². The summed E-state index contributed by atoms with van der Waals surface area (Å²) in [6.45, 7) is 8.48. The Morgan fingerprint density at radius 2 is 0.909 bits per heavy atom. The Bertz CT molecular complexity index is 214. The molecule has 0 heterocycles. The van der Waals surface area contributed by atoms with Crippen molar-refractivity contribution in [3.05, 3.63) is 0 Å². The van der Waals surface area contributed by atoms with Crippen LogP contribution < -0.4 is 0 Å². The first-order valence-corrected chi connectivity index (χ1v) is 10.1. The molecule has 0 aromatic rings. The minimum atomic E-state index is -0.464. The minimum absolute atomic E-state index is 0.464. The van der Waals surface area contributed by atoms with Crippen molar-refractivity contribution < 1.29 is 5.11 Å². The maximum absolute atomic E-state index is 9.63. The summed E-state index contributed by atoms with van der Waals surface area (Å²) in [4.78, 5) is 0. The number of aliphatic hydroxyl groups is 1. The summed E-state index contributed by atoms with van der Waals surface area (Å²) >= 11 is 0. The van der Waals surface area contributed by atoms with Crippen LogP contribution in [0.5, 0.6) is 0 Å². The molecule has 0 radical (unpaired) electrons. The third-order valence-corrected chi connectivity index (χ3v) is 4.57. The Hall–Kier alpha value is -0.0400. The molecule has 0 aliphatic carbocycles. The van der Waals surface area contributed by atoms with E-state index in [0.717, 1.165) is 12.3 Å². The molecular weight excluding hydrogens is 268 g/mol. The molecule has 0 aliphatic rings. The van der Waals surface area contributed by atoms with Crippen molar-refractivity contribution in [2.75, 3.05) is 0 Å². The van der Waals surface area contributed by atoms with Gasteiger partial charge < -0.3 is 5.11 Å². The van der Waals surface area contributed by atoms with Gasteiger partial charge in [0.15, 0.2) is 0 Å². The van der Waals surface area contributed by atoms with Crippen molar-refractivity contribution in [2.45, 2.75) is 130 Å². The van der Waals surface area contributed by atoms with Gasteiger partial charge in [0.05, 0.1) is 5.60 Å². The molecule has 134 valence electrons. The molecule has 1 heteroatoms. The molecule has 0 saturated heterocycles. The Morgan fingerprint density at radius 1 is 0.591 bits per heavy atom. The van der Waals surface area contributed by atoms with Crippen LogP contribution in [-0.2, 0) is 0 Å². The second-order valence-corrected chi connectivity index (χ2v) is 8.34. The SMILES string of the molecule is CC(C)CCCCCCCCCCCCCCCC(C)(C)O. The molecule has 0 aromatic carbocycles. The van der Waals surface area contributed by atoms with Gasteiger partial charge >= 0.3 is 0 Å². The number of hydrogen-bond donors (Lipinski definition) is 1. The van der Waals surface area contributed by atoms with Crippen LogP contribution in [0.4, 0.5) is 0 Å². The van der Waals surface area contributed by atoms with Gasteiger partial charge in [0.2, 0.25) is 0 Å². The molecule has 0 aromatic heterocycles. The largest absolute Gasteiger partial charge is 0.390 e. The Morgan fingerprint density at radius 3 is 1.23 bits per heavy atom. The lowest BCUT2D eigenvalue weighted by Gasteiger charge is -2.16. The van der Waals surface area contributed by atoms with Gasteiger partial charge in [0.25, 0.3) is 0 Å². The second-order valence-electron chi connectivity index (χ2n) is 8.34. The van der Waals surface area contributed by atoms with Gasteiger partial charge in [0.1, 0.15) is 0 Å². The fraction of sp³-hybridized carbons (Fsp3) is 1.00. The van der Waals surface area contributed by atoms with Gasteiger partial charge in [0, 0.05) is 0 Å². The van der Waals surface area contributed by atoms with E-state index in [9.17, 15) is 5.11 Å². The topological polar surface area (TPSA) is 20.2 Å². The Labute approximate surface area is 141 Å². The zero-order chi connectivity index (χ0) is 16.7. The first kappa shape index (κ1) is 22.0. The lowest BCUT2D eigenvalue weighted by Crippen LogP contribution is -2.17. The number of unbranched alkanes of at least 4 members (excludes halogenated alkanes) is 12. The molecule has 0 unspecified atom stereocenters. The molecule has 22 heavy (non-hydrogen) atoms. The van der Waals surface area contributed by atoms with Crippen molar-refractivity contribution >= 4 is 0 Å². The summed E-state index contributed by atoms with van der Waals surface area (Å²) in [6, 6.07) is 0. The van der Waals surface area contributed by atoms with Crippen molar-refractivity contribution in [1.29, 1.82) is 0 Å². The maximum atomic E-state index is 9.63. The molecule has 1 N–H and O–H groups in total. The average Bonchev–Trinajstić information content (AvgIpc) is 2.41. The maximum Gasteiger partial charge on any atom is 0.0591 e. The van der Waals surface area contributed by atoms with Gasteiger partial charge in [-0.3, -0.25) is 0 Å². The molecule has 0 bridgehead atoms. The molecule has 0 atom stereocenters. The Kier molecular flexibility index (Phi) is 14.5. The predicted octanol–water partition coefficient (Wildman–Crippen LogP) is 7.26. The van der Waals surface area contributed by atoms with Crippen molar-refractivity contribution in [1.82, 2.24) is 0 Å². The van der Waals surface area contributed by atoms with E-state index in [1.807, 2.05) is 13.8 Å². The highest BCUT2D eigenvalue weighted by Gasteiger charge is 2.10. The van der Waals surface area contributed by atoms with E-state index < -0.39 is 5.60 Å². The second kappa shape index (κ2) is 14.5. The first-order chi connectivity index (χ1) is 10.4. The van der Waals surface area contributed by atoms with E-state index in [0.29, 0.717) is 0 Å². The zero-order valence-electron chi connectivity index (χ0n) is 16.1. The van der Waals surface area contributed by atoms with E-state index in [1.54, 1.807) is 0 Å². The molecule has 0 spiro atoms. The number of hydrogen-bond acceptors (Lipinski definition) is 1. The van der Waals surface area contributed by atoms with Crippen LogP contribution in [0.3, 0.4) is 0 Å². The fourth-order valence-electron chi connectivity index (χ4n) is 3.05. The number of rotatable bonds is 16. The molecule has 0 aliphatic heterocycles. The summed E-state index contributed by atoms with van der Waals surface area (Å²) in [6.07, 6.45) is 20.5. The van der Waals surface area contributed by atoms with Crippen molar-refractivity contribution in [3.63, 3.8) is 0 Å². The first-order valence-electron chi connectivity index (χ1n) is 10.1. The van der Waals surface area contributed by atoms with E-state index in [-0.39, 0.29) is 0 Å². The van der Waals surface area contributed by atoms with Crippen molar-refractivity contribution in [3.8, 4) is 0 Å². The average molecular weight is 313 g/mol. The van der Waals surface area contributed by atoms with Crippen LogP contribution in [-0.4, -0.2) is 10.7 Å².